The van der Waals surface area contributed by atoms with E-state index in [1.54, 1.807) is 7.11 Å². The molecular weight excluding hydrogens is 581 g/mol. The van der Waals surface area contributed by atoms with Gasteiger partial charge in [-0.25, -0.2) is 0 Å². The Balaban J connectivity index is 1.40. The normalized spacial score (nSPS) is 15.6. The molecule has 5 rings (SSSR count). The minimum atomic E-state index is -1.67. The van der Waals surface area contributed by atoms with Crippen molar-refractivity contribution in [2.75, 3.05) is 73.9 Å². The number of likely N-dealkylation sites (N-methyl/N-ethyl adjacent to an activating group) is 1. The van der Waals surface area contributed by atoms with E-state index < -0.39 is 8.07 Å². The standard InChI is InChI=1S/C35H46N6O3Si/c1-26-10-12-28(25-30(26)37-34(42)16-23-45(4,5)6)44-35-31(41-17-8-7-9-18-41)14-15-33(38-35)36-29-13-11-27(24-32(29)43-3)40-21-19-39(2)20-22-40/h10-15,24-25H,7-9,17-22H2,1-6H3,(H,36,38)(H,37,42). The Morgan fingerprint density at radius 2 is 1.64 bits per heavy atom. The number of nitrogens with zero attached hydrogens (tertiary/aromatic N) is 4. The monoisotopic (exact) mass is 626 g/mol. The van der Waals surface area contributed by atoms with Crippen LogP contribution < -0.4 is 29.9 Å². The lowest BCUT2D eigenvalue weighted by atomic mass is 10.1. The van der Waals surface area contributed by atoms with Crippen molar-refractivity contribution in [2.24, 2.45) is 0 Å². The number of methoxy groups -OCH3 is 1. The molecule has 45 heavy (non-hydrogen) atoms. The molecule has 0 unspecified atom stereocenters. The van der Waals surface area contributed by atoms with E-state index in [4.69, 9.17) is 14.5 Å². The van der Waals surface area contributed by atoms with Gasteiger partial charge >= 0.3 is 0 Å². The Labute approximate surface area is 268 Å². The smallest absolute Gasteiger partial charge is 0.299 e. The zero-order chi connectivity index (χ0) is 32.0. The molecule has 0 spiro atoms. The highest BCUT2D eigenvalue weighted by molar-refractivity contribution is 6.84. The summed E-state index contributed by atoms with van der Waals surface area (Å²) in [6.45, 7) is 14.3. The second-order valence-electron chi connectivity index (χ2n) is 12.9. The Kier molecular flexibility index (Phi) is 10.2. The van der Waals surface area contributed by atoms with Crippen molar-refractivity contribution in [1.82, 2.24) is 9.88 Å². The van der Waals surface area contributed by atoms with E-state index in [2.05, 4.69) is 81.7 Å². The molecule has 2 saturated heterocycles. The highest BCUT2D eigenvalue weighted by atomic mass is 28.3. The number of rotatable bonds is 8. The molecule has 2 aliphatic rings. The van der Waals surface area contributed by atoms with Gasteiger partial charge in [-0.3, -0.25) is 4.79 Å². The first-order valence-corrected chi connectivity index (χ1v) is 19.4. The van der Waals surface area contributed by atoms with E-state index in [0.29, 0.717) is 23.1 Å². The molecule has 9 nitrogen and oxygen atoms in total. The van der Waals surface area contributed by atoms with Crippen LogP contribution in [0.4, 0.5) is 28.6 Å². The molecule has 0 aliphatic carbocycles. The second kappa shape index (κ2) is 14.3. The van der Waals surface area contributed by atoms with Gasteiger partial charge in [0.2, 0.25) is 5.88 Å². The van der Waals surface area contributed by atoms with Crippen LogP contribution in [-0.4, -0.2) is 77.3 Å². The van der Waals surface area contributed by atoms with Crippen LogP contribution in [0, 0.1) is 18.4 Å². The lowest BCUT2D eigenvalue weighted by Crippen LogP contribution is -2.44. The summed E-state index contributed by atoms with van der Waals surface area (Å²) in [4.78, 5) is 24.6. The highest BCUT2D eigenvalue weighted by Crippen LogP contribution is 2.37. The van der Waals surface area contributed by atoms with E-state index in [1.165, 1.54) is 6.42 Å². The van der Waals surface area contributed by atoms with E-state index in [0.717, 1.165) is 80.5 Å². The Bertz CT molecular complexity index is 1560. The van der Waals surface area contributed by atoms with E-state index in [1.807, 2.05) is 37.3 Å². The summed E-state index contributed by atoms with van der Waals surface area (Å²) in [5.41, 5.74) is 7.65. The fourth-order valence-electron chi connectivity index (χ4n) is 5.44. The number of nitrogens with one attached hydrogen (secondary N) is 2. The molecule has 2 fully saturated rings. The van der Waals surface area contributed by atoms with Crippen molar-refractivity contribution < 1.29 is 14.3 Å². The number of pyridine rings is 1. The number of hydrogen-bond donors (Lipinski definition) is 2. The number of amides is 1. The molecule has 0 bridgehead atoms. The molecule has 2 aliphatic heterocycles. The molecule has 1 amide bonds. The molecular formula is C35H46N6O3Si. The number of aromatic nitrogens is 1. The molecule has 0 radical (unpaired) electrons. The molecule has 0 atom stereocenters. The minimum Gasteiger partial charge on any atom is -0.494 e. The van der Waals surface area contributed by atoms with Crippen molar-refractivity contribution in [3.05, 3.63) is 54.1 Å². The third-order valence-electron chi connectivity index (χ3n) is 8.08. The van der Waals surface area contributed by atoms with Crippen LogP contribution in [0.25, 0.3) is 0 Å². The van der Waals surface area contributed by atoms with Gasteiger partial charge in [0.1, 0.15) is 31.1 Å². The minimum absolute atomic E-state index is 0.316. The second-order valence-corrected chi connectivity index (χ2v) is 17.7. The van der Waals surface area contributed by atoms with Crippen molar-refractivity contribution in [1.29, 1.82) is 0 Å². The van der Waals surface area contributed by atoms with E-state index in [-0.39, 0.29) is 5.91 Å². The van der Waals surface area contributed by atoms with Gasteiger partial charge in [0.05, 0.1) is 12.8 Å². The molecule has 238 valence electrons. The fourth-order valence-corrected chi connectivity index (χ4v) is 5.93. The van der Waals surface area contributed by atoms with E-state index >= 15 is 0 Å². The molecule has 3 aromatic rings. The number of piperidine rings is 1. The average molecular weight is 627 g/mol. The van der Waals surface area contributed by atoms with Gasteiger partial charge in [0.15, 0.2) is 0 Å². The molecule has 2 N–H and O–H groups in total. The summed E-state index contributed by atoms with van der Waals surface area (Å²) in [5.74, 6) is 4.95. The summed E-state index contributed by atoms with van der Waals surface area (Å²) in [6.07, 6.45) is 3.50. The largest absolute Gasteiger partial charge is 0.494 e. The van der Waals surface area contributed by atoms with Gasteiger partial charge in [-0.15, -0.1) is 5.54 Å². The zero-order valence-electron chi connectivity index (χ0n) is 27.5. The third kappa shape index (κ3) is 8.71. The Morgan fingerprint density at radius 3 is 2.36 bits per heavy atom. The topological polar surface area (TPSA) is 82.2 Å². The maximum atomic E-state index is 12.6. The van der Waals surface area contributed by atoms with Crippen LogP contribution in [0.3, 0.4) is 0 Å². The summed E-state index contributed by atoms with van der Waals surface area (Å²) in [6, 6.07) is 16.0. The average Bonchev–Trinajstić information content (AvgIpc) is 3.02. The first-order valence-electron chi connectivity index (χ1n) is 15.9. The number of anilines is 5. The van der Waals surface area contributed by atoms with Gasteiger partial charge in [0, 0.05) is 62.8 Å². The lowest BCUT2D eigenvalue weighted by molar-refractivity contribution is -0.111. The highest BCUT2D eigenvalue weighted by Gasteiger charge is 2.20. The summed E-state index contributed by atoms with van der Waals surface area (Å²) < 4.78 is 12.3. The SMILES string of the molecule is COc1cc(N2CCN(C)CC2)ccc1Nc1ccc(N2CCCCC2)c(Oc2ccc(C)c(NC(=O)C#C[Si](C)(C)C)c2)n1. The molecule has 1 aromatic heterocycles. The van der Waals surface area contributed by atoms with Crippen molar-refractivity contribution >= 4 is 42.5 Å². The quantitative estimate of drug-likeness (QED) is 0.217. The predicted octanol–water partition coefficient (Wildman–Crippen LogP) is 6.50. The first-order chi connectivity index (χ1) is 21.6. The fraction of sp³-hybridized carbons (Fsp3) is 0.429. The number of aryl methyl sites for hydroxylation is 1. The van der Waals surface area contributed by atoms with Crippen LogP contribution >= 0.6 is 0 Å². The van der Waals surface area contributed by atoms with Crippen molar-refractivity contribution in [3.8, 4) is 28.8 Å². The van der Waals surface area contributed by atoms with Crippen LogP contribution in [0.2, 0.25) is 19.6 Å². The van der Waals surface area contributed by atoms with Crippen LogP contribution in [0.1, 0.15) is 24.8 Å². The maximum Gasteiger partial charge on any atom is 0.299 e. The zero-order valence-corrected chi connectivity index (χ0v) is 28.5. The van der Waals surface area contributed by atoms with Gasteiger partial charge in [-0.1, -0.05) is 25.7 Å². The van der Waals surface area contributed by atoms with Gasteiger partial charge in [-0.2, -0.15) is 4.98 Å². The molecule has 10 heteroatoms. The summed E-state index contributed by atoms with van der Waals surface area (Å²) in [7, 11) is 2.19. The van der Waals surface area contributed by atoms with Crippen LogP contribution in [0.15, 0.2) is 48.5 Å². The van der Waals surface area contributed by atoms with Gasteiger partial charge in [-0.05, 0) is 75.0 Å². The van der Waals surface area contributed by atoms with Crippen molar-refractivity contribution in [3.63, 3.8) is 0 Å². The number of hydrogen-bond acceptors (Lipinski definition) is 8. The van der Waals surface area contributed by atoms with E-state index in [9.17, 15) is 4.79 Å². The van der Waals surface area contributed by atoms with Crippen molar-refractivity contribution in [2.45, 2.75) is 45.8 Å². The number of piperazine rings is 1. The first kappa shape index (κ1) is 32.2. The van der Waals surface area contributed by atoms with Crippen LogP contribution in [-0.2, 0) is 4.79 Å². The summed E-state index contributed by atoms with van der Waals surface area (Å²) >= 11 is 0. The molecule has 3 heterocycles. The predicted molar refractivity (Wildman–Crippen MR) is 187 cm³/mol. The number of carbonyl (C=O) groups is 1. The third-order valence-corrected chi connectivity index (χ3v) is 8.95. The van der Waals surface area contributed by atoms with Gasteiger partial charge in [0.25, 0.3) is 5.91 Å². The number of benzene rings is 2. The number of carbonyl (C=O) groups excluding carboxylic acids is 1. The Morgan fingerprint density at radius 1 is 0.889 bits per heavy atom. The van der Waals surface area contributed by atoms with Crippen LogP contribution in [0.5, 0.6) is 17.4 Å². The lowest BCUT2D eigenvalue weighted by Gasteiger charge is -2.34. The molecule has 0 saturated carbocycles. The van der Waals surface area contributed by atoms with Gasteiger partial charge < -0.3 is 34.8 Å². The molecule has 2 aromatic carbocycles. The number of ether oxygens (including phenoxy) is 2. The Hall–Kier alpha value is -4.20. The summed E-state index contributed by atoms with van der Waals surface area (Å²) in [5, 5.41) is 6.40. The maximum absolute atomic E-state index is 12.6.